The van der Waals surface area contributed by atoms with E-state index in [1.54, 1.807) is 18.2 Å². The van der Waals surface area contributed by atoms with E-state index < -0.39 is 4.92 Å². The fraction of sp³-hybridized carbons (Fsp3) is 0.333. The zero-order valence-corrected chi connectivity index (χ0v) is 14.6. The molecule has 8 nitrogen and oxygen atoms in total. The quantitative estimate of drug-likeness (QED) is 0.625. The Morgan fingerprint density at radius 1 is 1.20 bits per heavy atom. The van der Waals surface area contributed by atoms with Gasteiger partial charge in [-0.1, -0.05) is 23.2 Å². The lowest BCUT2D eigenvalue weighted by molar-refractivity contribution is -0.383. The summed E-state index contributed by atoms with van der Waals surface area (Å²) in [7, 11) is 0. The van der Waals surface area contributed by atoms with Crippen LogP contribution in [0.4, 0.5) is 17.3 Å². The van der Waals surface area contributed by atoms with Gasteiger partial charge in [0.25, 0.3) is 0 Å². The van der Waals surface area contributed by atoms with Crippen molar-refractivity contribution in [2.75, 3.05) is 36.5 Å². The largest absolute Gasteiger partial charge is 0.378 e. The Labute approximate surface area is 153 Å². The van der Waals surface area contributed by atoms with Gasteiger partial charge >= 0.3 is 5.69 Å². The van der Waals surface area contributed by atoms with Crippen LogP contribution in [0.15, 0.2) is 24.5 Å². The normalized spacial score (nSPS) is 14.4. The molecule has 10 heteroatoms. The molecule has 132 valence electrons. The highest BCUT2D eigenvalue weighted by atomic mass is 35.5. The van der Waals surface area contributed by atoms with Gasteiger partial charge in [-0.3, -0.25) is 10.1 Å². The third kappa shape index (κ3) is 4.28. The number of ether oxygens (including phenoxy) is 1. The van der Waals surface area contributed by atoms with Crippen LogP contribution in [0.3, 0.4) is 0 Å². The molecule has 1 saturated heterocycles. The summed E-state index contributed by atoms with van der Waals surface area (Å²) < 4.78 is 5.28. The highest BCUT2D eigenvalue weighted by Gasteiger charge is 2.27. The number of nitro groups is 1. The maximum Gasteiger partial charge on any atom is 0.353 e. The van der Waals surface area contributed by atoms with Crippen LogP contribution >= 0.6 is 23.2 Å². The summed E-state index contributed by atoms with van der Waals surface area (Å²) in [4.78, 5) is 21.1. The maximum atomic E-state index is 11.6. The van der Waals surface area contributed by atoms with E-state index in [2.05, 4.69) is 15.3 Å². The van der Waals surface area contributed by atoms with Crippen LogP contribution in [0.5, 0.6) is 0 Å². The number of morpholine rings is 1. The van der Waals surface area contributed by atoms with Crippen molar-refractivity contribution in [3.63, 3.8) is 0 Å². The van der Waals surface area contributed by atoms with Crippen LogP contribution in [-0.2, 0) is 11.3 Å². The van der Waals surface area contributed by atoms with Crippen molar-refractivity contribution in [1.82, 2.24) is 9.97 Å². The van der Waals surface area contributed by atoms with Gasteiger partial charge in [-0.2, -0.15) is 0 Å². The summed E-state index contributed by atoms with van der Waals surface area (Å²) in [5, 5.41) is 15.6. The number of aromatic nitrogens is 2. The molecule has 1 fully saturated rings. The predicted molar refractivity (Wildman–Crippen MR) is 95.5 cm³/mol. The Kier molecular flexibility index (Phi) is 5.52. The first-order valence-corrected chi connectivity index (χ1v) is 8.31. The van der Waals surface area contributed by atoms with Gasteiger partial charge in [-0.05, 0) is 23.8 Å². The van der Waals surface area contributed by atoms with Gasteiger partial charge in [0.2, 0.25) is 11.6 Å². The number of halogens is 2. The van der Waals surface area contributed by atoms with Crippen LogP contribution in [0.1, 0.15) is 5.56 Å². The topological polar surface area (TPSA) is 93.4 Å². The first-order valence-electron chi connectivity index (χ1n) is 7.55. The standard InChI is InChI=1S/C15H15Cl2N5O3/c16-11-5-10(6-12(17)7-11)8-18-14-13(22(23)24)15(20-9-19-14)21-1-3-25-4-2-21/h5-7,9H,1-4,8H2,(H,18,19,20). The Bertz CT molecular complexity index is 764. The number of anilines is 2. The molecule has 0 unspecified atom stereocenters. The van der Waals surface area contributed by atoms with Gasteiger partial charge in [-0.15, -0.1) is 0 Å². The molecule has 0 atom stereocenters. The van der Waals surface area contributed by atoms with Crippen molar-refractivity contribution < 1.29 is 9.66 Å². The maximum absolute atomic E-state index is 11.6. The van der Waals surface area contributed by atoms with Crippen molar-refractivity contribution in [3.8, 4) is 0 Å². The van der Waals surface area contributed by atoms with Crippen LogP contribution in [-0.4, -0.2) is 41.2 Å². The summed E-state index contributed by atoms with van der Waals surface area (Å²) in [6.07, 6.45) is 1.31. The number of hydrogen-bond acceptors (Lipinski definition) is 7. The lowest BCUT2D eigenvalue weighted by Gasteiger charge is -2.27. The Balaban J connectivity index is 1.86. The molecule has 0 amide bonds. The minimum absolute atomic E-state index is 0.151. The van der Waals surface area contributed by atoms with E-state index in [-0.39, 0.29) is 17.3 Å². The second-order valence-corrected chi connectivity index (χ2v) is 6.26. The lowest BCUT2D eigenvalue weighted by atomic mass is 10.2. The smallest absolute Gasteiger partial charge is 0.353 e. The fourth-order valence-electron chi connectivity index (χ4n) is 2.57. The Morgan fingerprint density at radius 2 is 1.88 bits per heavy atom. The molecule has 1 aromatic carbocycles. The molecule has 1 aromatic heterocycles. The number of rotatable bonds is 5. The molecule has 0 radical (unpaired) electrons. The molecule has 1 aliphatic heterocycles. The van der Waals surface area contributed by atoms with Crippen molar-refractivity contribution in [3.05, 3.63) is 50.2 Å². The molecule has 1 aliphatic rings. The second kappa shape index (κ2) is 7.81. The lowest BCUT2D eigenvalue weighted by Crippen LogP contribution is -2.37. The SMILES string of the molecule is O=[N+]([O-])c1c(NCc2cc(Cl)cc(Cl)c2)ncnc1N1CCOCC1. The third-order valence-corrected chi connectivity index (χ3v) is 4.11. The van der Waals surface area contributed by atoms with Crippen molar-refractivity contribution in [1.29, 1.82) is 0 Å². The molecular formula is C15H15Cl2N5O3. The van der Waals surface area contributed by atoms with Gasteiger partial charge in [0, 0.05) is 29.7 Å². The number of nitrogens with zero attached hydrogens (tertiary/aromatic N) is 4. The molecular weight excluding hydrogens is 369 g/mol. The fourth-order valence-corrected chi connectivity index (χ4v) is 3.14. The molecule has 25 heavy (non-hydrogen) atoms. The van der Waals surface area contributed by atoms with Gasteiger partial charge in [0.1, 0.15) is 6.33 Å². The summed E-state index contributed by atoms with van der Waals surface area (Å²) in [6, 6.07) is 5.09. The average molecular weight is 384 g/mol. The summed E-state index contributed by atoms with van der Waals surface area (Å²) in [5.41, 5.74) is 0.635. The molecule has 1 N–H and O–H groups in total. The van der Waals surface area contributed by atoms with E-state index >= 15 is 0 Å². The van der Waals surface area contributed by atoms with Crippen molar-refractivity contribution in [2.24, 2.45) is 0 Å². The van der Waals surface area contributed by atoms with Gasteiger partial charge in [-0.25, -0.2) is 9.97 Å². The summed E-state index contributed by atoms with van der Waals surface area (Å²) in [6.45, 7) is 2.39. The zero-order chi connectivity index (χ0) is 17.8. The second-order valence-electron chi connectivity index (χ2n) is 5.38. The van der Waals surface area contributed by atoms with Gasteiger partial charge in [0.05, 0.1) is 18.1 Å². The Morgan fingerprint density at radius 3 is 2.52 bits per heavy atom. The Hall–Kier alpha value is -2.16. The monoisotopic (exact) mass is 383 g/mol. The summed E-state index contributed by atoms with van der Waals surface area (Å²) in [5.74, 6) is 0.438. The van der Waals surface area contributed by atoms with E-state index in [0.717, 1.165) is 5.56 Å². The van der Waals surface area contributed by atoms with E-state index in [0.29, 0.717) is 42.9 Å². The molecule has 2 aromatic rings. The average Bonchev–Trinajstić information content (AvgIpc) is 2.59. The molecule has 0 saturated carbocycles. The summed E-state index contributed by atoms with van der Waals surface area (Å²) >= 11 is 12.0. The number of benzene rings is 1. The number of hydrogen-bond donors (Lipinski definition) is 1. The third-order valence-electron chi connectivity index (χ3n) is 3.68. The van der Waals surface area contributed by atoms with E-state index in [1.165, 1.54) is 6.33 Å². The van der Waals surface area contributed by atoms with Crippen molar-refractivity contribution >= 4 is 40.5 Å². The first kappa shape index (κ1) is 17.7. The molecule has 0 bridgehead atoms. The van der Waals surface area contributed by atoms with Crippen LogP contribution < -0.4 is 10.2 Å². The number of nitrogens with one attached hydrogen (secondary N) is 1. The minimum atomic E-state index is -0.474. The van der Waals surface area contributed by atoms with Crippen LogP contribution in [0.25, 0.3) is 0 Å². The minimum Gasteiger partial charge on any atom is -0.378 e. The zero-order valence-electron chi connectivity index (χ0n) is 13.1. The van der Waals surface area contributed by atoms with E-state index in [4.69, 9.17) is 27.9 Å². The van der Waals surface area contributed by atoms with E-state index in [1.807, 2.05) is 4.90 Å². The molecule has 0 spiro atoms. The molecule has 3 rings (SSSR count). The predicted octanol–water partition coefficient (Wildman–Crippen LogP) is 3.14. The van der Waals surface area contributed by atoms with Crippen LogP contribution in [0, 0.1) is 10.1 Å². The van der Waals surface area contributed by atoms with Gasteiger partial charge in [0.15, 0.2) is 0 Å². The van der Waals surface area contributed by atoms with Gasteiger partial charge < -0.3 is 15.0 Å². The highest BCUT2D eigenvalue weighted by Crippen LogP contribution is 2.32. The van der Waals surface area contributed by atoms with E-state index in [9.17, 15) is 10.1 Å². The van der Waals surface area contributed by atoms with Crippen molar-refractivity contribution in [2.45, 2.75) is 6.54 Å². The molecule has 2 heterocycles. The van der Waals surface area contributed by atoms with Crippen LogP contribution in [0.2, 0.25) is 10.0 Å². The highest BCUT2D eigenvalue weighted by molar-refractivity contribution is 6.34. The first-order chi connectivity index (χ1) is 12.0. The molecule has 0 aliphatic carbocycles.